The molecule has 18 heavy (non-hydrogen) atoms. The van der Waals surface area contributed by atoms with Gasteiger partial charge < -0.3 is 14.4 Å². The highest BCUT2D eigenvalue weighted by Gasteiger charge is 2.39. The summed E-state index contributed by atoms with van der Waals surface area (Å²) in [6.07, 6.45) is 2.56. The van der Waals surface area contributed by atoms with Crippen LogP contribution in [0.15, 0.2) is 0 Å². The molecule has 0 aromatic rings. The Hall–Kier alpha value is -1.10. The maximum Gasteiger partial charge on any atom is 0.410 e. The number of nitrogens with zero attached hydrogens (tertiary/aromatic N) is 2. The summed E-state index contributed by atoms with van der Waals surface area (Å²) >= 11 is 0. The van der Waals surface area contributed by atoms with Crippen molar-refractivity contribution in [3.8, 4) is 0 Å². The lowest BCUT2D eigenvalue weighted by Crippen LogP contribution is -2.53. The van der Waals surface area contributed by atoms with Crippen LogP contribution in [-0.4, -0.2) is 68.3 Å². The maximum atomic E-state index is 11.9. The van der Waals surface area contributed by atoms with Gasteiger partial charge in [0.05, 0.1) is 13.2 Å². The van der Waals surface area contributed by atoms with Gasteiger partial charge in [-0.1, -0.05) is 0 Å². The molecular formula is C13H25N2O3+. The van der Waals surface area contributed by atoms with Crippen LogP contribution in [0.4, 0.5) is 4.79 Å². The van der Waals surface area contributed by atoms with Gasteiger partial charge in [-0.25, -0.2) is 9.37 Å². The van der Waals surface area contributed by atoms with Crippen LogP contribution < -0.4 is 0 Å². The second-order valence-electron chi connectivity index (χ2n) is 5.18. The van der Waals surface area contributed by atoms with Crippen molar-refractivity contribution in [1.82, 2.24) is 4.90 Å². The van der Waals surface area contributed by atoms with Gasteiger partial charge in [-0.2, -0.15) is 0 Å². The molecule has 5 heteroatoms. The number of likely N-dealkylation sites (N-methyl/N-ethyl adjacent to an activating group) is 1. The van der Waals surface area contributed by atoms with Gasteiger partial charge in [0.15, 0.2) is 5.54 Å². The molecule has 0 saturated carbocycles. The zero-order chi connectivity index (χ0) is 13.6. The first kappa shape index (κ1) is 15.0. The minimum Gasteiger partial charge on any atom is -0.449 e. The molecule has 0 spiro atoms. The van der Waals surface area contributed by atoms with Crippen LogP contribution >= 0.6 is 0 Å². The fourth-order valence-corrected chi connectivity index (χ4v) is 2.14. The Morgan fingerprint density at radius 2 is 2.22 bits per heavy atom. The van der Waals surface area contributed by atoms with Gasteiger partial charge in [-0.05, 0) is 6.42 Å². The van der Waals surface area contributed by atoms with Crippen molar-refractivity contribution in [3.05, 3.63) is 0 Å². The second-order valence-corrected chi connectivity index (χ2v) is 5.18. The standard InChI is InChI=1S/C13H25N2O3/c1-13(14(2)3)7-5-8-15(11-13)12(16)18-10-6-9-17-4/h2,5-11H2,1,3-4H3/q+1. The van der Waals surface area contributed by atoms with E-state index in [0.717, 1.165) is 25.8 Å². The van der Waals surface area contributed by atoms with Crippen molar-refractivity contribution in [2.75, 3.05) is 40.5 Å². The lowest BCUT2D eigenvalue weighted by molar-refractivity contribution is -0.575. The van der Waals surface area contributed by atoms with E-state index in [-0.39, 0.29) is 11.6 Å². The summed E-state index contributed by atoms with van der Waals surface area (Å²) in [5.41, 5.74) is -0.0518. The summed E-state index contributed by atoms with van der Waals surface area (Å²) < 4.78 is 12.1. The van der Waals surface area contributed by atoms with Crippen LogP contribution in [0.5, 0.6) is 0 Å². The highest BCUT2D eigenvalue weighted by molar-refractivity contribution is 5.67. The van der Waals surface area contributed by atoms with E-state index in [1.54, 1.807) is 12.0 Å². The number of carbonyl (C=O) groups is 1. The number of methoxy groups -OCH3 is 1. The number of likely N-dealkylation sites (tertiary alicyclic amines) is 1. The van der Waals surface area contributed by atoms with Crippen LogP contribution in [-0.2, 0) is 9.47 Å². The molecule has 0 bridgehead atoms. The molecule has 104 valence electrons. The second kappa shape index (κ2) is 6.73. The number of carbonyl (C=O) groups excluding carboxylic acids is 1. The molecule has 0 aromatic heterocycles. The molecule has 0 aromatic carbocycles. The third-order valence-electron chi connectivity index (χ3n) is 3.57. The van der Waals surface area contributed by atoms with E-state index < -0.39 is 0 Å². The number of ether oxygens (including phenoxy) is 2. The van der Waals surface area contributed by atoms with E-state index in [0.29, 0.717) is 19.8 Å². The Morgan fingerprint density at radius 3 is 2.83 bits per heavy atom. The van der Waals surface area contributed by atoms with Crippen molar-refractivity contribution < 1.29 is 18.8 Å². The molecule has 1 aliphatic heterocycles. The molecule has 1 saturated heterocycles. The largest absolute Gasteiger partial charge is 0.449 e. The van der Waals surface area contributed by atoms with Crippen molar-refractivity contribution >= 4 is 12.8 Å². The highest BCUT2D eigenvalue weighted by atomic mass is 16.6. The third-order valence-corrected chi connectivity index (χ3v) is 3.57. The summed E-state index contributed by atoms with van der Waals surface area (Å²) in [7, 11) is 3.59. The SMILES string of the molecule is C=[N+](C)C1(C)CCCN(C(=O)OCCCOC)C1. The van der Waals surface area contributed by atoms with Gasteiger partial charge >= 0.3 is 6.09 Å². The molecule has 0 N–H and O–H groups in total. The Bertz CT molecular complexity index is 307. The van der Waals surface area contributed by atoms with Crippen molar-refractivity contribution in [3.63, 3.8) is 0 Å². The summed E-state index contributed by atoms with van der Waals surface area (Å²) in [5.74, 6) is 0. The molecule has 1 fully saturated rings. The zero-order valence-electron chi connectivity index (χ0n) is 11.8. The molecule has 1 rings (SSSR count). The Kier molecular flexibility index (Phi) is 5.59. The highest BCUT2D eigenvalue weighted by Crippen LogP contribution is 2.23. The van der Waals surface area contributed by atoms with Gasteiger partial charge in [0, 0.05) is 40.0 Å². The summed E-state index contributed by atoms with van der Waals surface area (Å²) in [6, 6.07) is 0. The zero-order valence-corrected chi connectivity index (χ0v) is 11.8. The molecule has 0 radical (unpaired) electrons. The van der Waals surface area contributed by atoms with E-state index in [1.165, 1.54) is 0 Å². The summed E-state index contributed by atoms with van der Waals surface area (Å²) in [6.45, 7) is 8.56. The van der Waals surface area contributed by atoms with E-state index in [9.17, 15) is 4.79 Å². The number of hydrogen-bond acceptors (Lipinski definition) is 3. The molecule has 1 heterocycles. The van der Waals surface area contributed by atoms with E-state index in [2.05, 4.69) is 13.6 Å². The van der Waals surface area contributed by atoms with E-state index in [4.69, 9.17) is 9.47 Å². The predicted molar refractivity (Wildman–Crippen MR) is 70.4 cm³/mol. The van der Waals surface area contributed by atoms with Crippen molar-refractivity contribution in [1.29, 1.82) is 0 Å². The monoisotopic (exact) mass is 257 g/mol. The topological polar surface area (TPSA) is 41.8 Å². The van der Waals surface area contributed by atoms with E-state index >= 15 is 0 Å². The lowest BCUT2D eigenvalue weighted by atomic mass is 9.91. The maximum absolute atomic E-state index is 11.9. The molecule has 1 unspecified atom stereocenters. The van der Waals surface area contributed by atoms with Crippen molar-refractivity contribution in [2.45, 2.75) is 31.7 Å². The molecule has 5 nitrogen and oxygen atoms in total. The quantitative estimate of drug-likeness (QED) is 0.424. The average Bonchev–Trinajstić information content (AvgIpc) is 2.34. The molecule has 0 aliphatic carbocycles. The molecule has 1 atom stereocenters. The Balaban J connectivity index is 2.41. The lowest BCUT2D eigenvalue weighted by Gasteiger charge is -2.36. The first-order chi connectivity index (χ1) is 8.49. The van der Waals surface area contributed by atoms with Gasteiger partial charge in [0.25, 0.3) is 0 Å². The van der Waals surface area contributed by atoms with E-state index in [1.807, 2.05) is 11.6 Å². The number of rotatable bonds is 5. The fourth-order valence-electron chi connectivity index (χ4n) is 2.14. The minimum absolute atomic E-state index is 0.0518. The average molecular weight is 257 g/mol. The Morgan fingerprint density at radius 1 is 1.50 bits per heavy atom. The smallest absolute Gasteiger partial charge is 0.410 e. The van der Waals surface area contributed by atoms with Gasteiger partial charge in [-0.3, -0.25) is 0 Å². The number of amides is 1. The number of hydrogen-bond donors (Lipinski definition) is 0. The molecular weight excluding hydrogens is 232 g/mol. The first-order valence-corrected chi connectivity index (χ1v) is 6.44. The van der Waals surface area contributed by atoms with Crippen LogP contribution in [0.3, 0.4) is 0 Å². The normalized spacial score (nSPS) is 23.8. The van der Waals surface area contributed by atoms with Crippen molar-refractivity contribution in [2.24, 2.45) is 0 Å². The van der Waals surface area contributed by atoms with Gasteiger partial charge in [0.1, 0.15) is 13.8 Å². The summed E-state index contributed by atoms with van der Waals surface area (Å²) in [4.78, 5) is 13.7. The minimum atomic E-state index is -0.223. The summed E-state index contributed by atoms with van der Waals surface area (Å²) in [5, 5.41) is 0. The Labute approximate surface area is 109 Å². The van der Waals surface area contributed by atoms with Crippen LogP contribution in [0, 0.1) is 0 Å². The van der Waals surface area contributed by atoms with Gasteiger partial charge in [0.2, 0.25) is 0 Å². The van der Waals surface area contributed by atoms with Gasteiger partial charge in [-0.15, -0.1) is 0 Å². The van der Waals surface area contributed by atoms with Crippen LogP contribution in [0.25, 0.3) is 0 Å². The number of piperidine rings is 1. The molecule has 1 aliphatic rings. The van der Waals surface area contributed by atoms with Crippen LogP contribution in [0.1, 0.15) is 26.2 Å². The fraction of sp³-hybridized carbons (Fsp3) is 0.846. The predicted octanol–water partition coefficient (Wildman–Crippen LogP) is 1.36. The first-order valence-electron chi connectivity index (χ1n) is 6.44. The molecule has 1 amide bonds. The third kappa shape index (κ3) is 3.98. The van der Waals surface area contributed by atoms with Crippen LogP contribution in [0.2, 0.25) is 0 Å².